The lowest BCUT2D eigenvalue weighted by atomic mass is 9.94. The van der Waals surface area contributed by atoms with Crippen LogP contribution >= 0.6 is 0 Å². The van der Waals surface area contributed by atoms with E-state index in [9.17, 15) is 29.8 Å². The van der Waals surface area contributed by atoms with E-state index in [0.717, 1.165) is 204 Å². The smallest absolute Gasteiger partial charge is 0.248 e. The number of halogens is 3. The van der Waals surface area contributed by atoms with E-state index in [0.29, 0.717) is 172 Å². The van der Waals surface area contributed by atoms with Crippen LogP contribution in [0.4, 0.5) is 81.9 Å². The van der Waals surface area contributed by atoms with Gasteiger partial charge in [0.15, 0.2) is 29.1 Å². The van der Waals surface area contributed by atoms with Crippen molar-refractivity contribution in [2.75, 3.05) is 226 Å². The highest BCUT2D eigenvalue weighted by Gasteiger charge is 2.38. The molecule has 8 aromatic carbocycles. The van der Waals surface area contributed by atoms with Gasteiger partial charge in [-0.05, 0) is 184 Å². The molecular formula is C113H122F3N23O11. The first-order valence-electron chi connectivity index (χ1n) is 51.5. The molecule has 776 valence electrons. The Morgan fingerprint density at radius 2 is 0.673 bits per heavy atom. The number of aromatic nitrogens is 8. The first-order valence-corrected chi connectivity index (χ1v) is 51.5. The highest BCUT2D eigenvalue weighted by molar-refractivity contribution is 5.74. The largest absolute Gasteiger partial charge is 0.494 e. The molecule has 1 saturated carbocycles. The lowest BCUT2D eigenvalue weighted by molar-refractivity contribution is -0.0661. The molecule has 0 bridgehead atoms. The van der Waals surface area contributed by atoms with Crippen molar-refractivity contribution < 1.29 is 65.3 Å². The first kappa shape index (κ1) is 103. The molecular weight excluding hydrogens is 1910 g/mol. The van der Waals surface area contributed by atoms with E-state index in [1.807, 2.05) is 77.7 Å². The summed E-state index contributed by atoms with van der Waals surface area (Å²) in [5, 5.41) is 52.1. The summed E-state index contributed by atoms with van der Waals surface area (Å²) >= 11 is 0. The molecule has 10 fully saturated rings. The lowest BCUT2D eigenvalue weighted by Gasteiger charge is -2.43. The van der Waals surface area contributed by atoms with Gasteiger partial charge in [-0.3, -0.25) is 9.80 Å². The summed E-state index contributed by atoms with van der Waals surface area (Å²) in [5.41, 5.74) is 12.0. The monoisotopic (exact) mass is 2030 g/mol. The molecule has 9 aliphatic heterocycles. The van der Waals surface area contributed by atoms with E-state index in [-0.39, 0.29) is 55.9 Å². The summed E-state index contributed by atoms with van der Waals surface area (Å²) in [4.78, 5) is 52.7. The van der Waals surface area contributed by atoms with Crippen LogP contribution in [0.1, 0.15) is 86.5 Å². The zero-order chi connectivity index (χ0) is 103. The summed E-state index contributed by atoms with van der Waals surface area (Å²) in [7, 11) is 3.71. The molecule has 150 heavy (non-hydrogen) atoms. The van der Waals surface area contributed by atoms with Crippen molar-refractivity contribution >= 4 is 68.8 Å². The van der Waals surface area contributed by atoms with Gasteiger partial charge in [0, 0.05) is 236 Å². The Bertz CT molecular complexity index is 6730. The maximum absolute atomic E-state index is 15.5. The Kier molecular flexibility index (Phi) is 34.6. The summed E-state index contributed by atoms with van der Waals surface area (Å²) in [6.45, 7) is 22.0. The molecule has 0 radical (unpaired) electrons. The fourth-order valence-electron chi connectivity index (χ4n) is 19.4. The molecule has 0 spiro atoms. The van der Waals surface area contributed by atoms with Crippen LogP contribution in [0.5, 0.6) is 28.7 Å². The zero-order valence-corrected chi connectivity index (χ0v) is 84.2. The highest BCUT2D eigenvalue weighted by atomic mass is 19.3. The molecule has 12 aromatic rings. The van der Waals surface area contributed by atoms with Crippen LogP contribution in [0.3, 0.4) is 0 Å². The Balaban J connectivity index is 0.000000126. The van der Waals surface area contributed by atoms with Gasteiger partial charge in [0.1, 0.15) is 100 Å². The van der Waals surface area contributed by atoms with Gasteiger partial charge in [0.2, 0.25) is 5.92 Å². The van der Waals surface area contributed by atoms with E-state index >= 15 is 4.39 Å². The van der Waals surface area contributed by atoms with Gasteiger partial charge in [-0.25, -0.2) is 53.0 Å². The normalized spacial score (nSPS) is 18.1. The number of nitrogens with one attached hydrogen (secondary N) is 4. The fraction of sp³-hybridized carbons (Fsp3) is 0.398. The molecule has 22 rings (SSSR count). The number of rotatable bonds is 27. The average Bonchev–Trinajstić information content (AvgIpc) is 0.770. The third-order valence-electron chi connectivity index (χ3n) is 28.1. The summed E-state index contributed by atoms with van der Waals surface area (Å²) < 4.78 is 104. The van der Waals surface area contributed by atoms with E-state index in [1.165, 1.54) is 17.4 Å². The van der Waals surface area contributed by atoms with Gasteiger partial charge in [-0.15, -0.1) is 0 Å². The number of hydrogen-bond donors (Lipinski definition) is 4. The van der Waals surface area contributed by atoms with Crippen molar-refractivity contribution in [2.24, 2.45) is 0 Å². The summed E-state index contributed by atoms with van der Waals surface area (Å²) in [5.74, 6) is 4.11. The maximum Gasteiger partial charge on any atom is 0.248 e. The fourth-order valence-corrected chi connectivity index (χ4v) is 19.4. The van der Waals surface area contributed by atoms with Crippen molar-refractivity contribution in [1.29, 1.82) is 21.0 Å². The number of nitriles is 4. The Labute approximate surface area is 870 Å². The third kappa shape index (κ3) is 27.3. The molecule has 0 unspecified atom stereocenters. The van der Waals surface area contributed by atoms with Crippen molar-refractivity contribution in [1.82, 2.24) is 54.6 Å². The second kappa shape index (κ2) is 50.3. The summed E-state index contributed by atoms with van der Waals surface area (Å²) in [6.07, 6.45) is 11.7. The molecule has 1 aliphatic carbocycles. The second-order valence-corrected chi connectivity index (χ2v) is 38.3. The van der Waals surface area contributed by atoms with E-state index in [4.69, 9.17) is 57.1 Å². The number of benzene rings is 8. The van der Waals surface area contributed by atoms with Gasteiger partial charge in [-0.2, -0.15) is 21.0 Å². The lowest BCUT2D eigenvalue weighted by Crippen LogP contribution is -2.56. The Morgan fingerprint density at radius 1 is 0.333 bits per heavy atom. The van der Waals surface area contributed by atoms with Crippen LogP contribution in [0.15, 0.2) is 207 Å². The van der Waals surface area contributed by atoms with E-state index < -0.39 is 5.92 Å². The van der Waals surface area contributed by atoms with Gasteiger partial charge in [0.25, 0.3) is 0 Å². The SMILES string of the molecule is CN1CCN(c2cccc(Nc3ccnc(-c4ccc(OC5CCOCC5)c(C#N)c4)n3)c2)CC1.COc1cc(Nc2ccnc(-c3ccc(OC4CCOCC4)c(C#N)c3)n2)cc(F)c1N1CCN(C2COC2)CC1.N#Cc1cc(-c2nccc(Nc3ccc(N4CCN(C5COC5)CC4)cc3)n2)ccc1OC1CCC(F)(F)CC1.N#Cc1cc(-c2nccc(Nc3cccc(N4CCOCC4)c3)n2)ccc1OC1CCOCC1. The van der Waals surface area contributed by atoms with Crippen LogP contribution in [-0.2, 0) is 28.4 Å². The van der Waals surface area contributed by atoms with Crippen molar-refractivity contribution in [2.45, 2.75) is 107 Å². The number of piperazine rings is 3. The predicted octanol–water partition coefficient (Wildman–Crippen LogP) is 17.4. The quantitative estimate of drug-likeness (QED) is 0.0371. The number of ether oxygens (including phenoxy) is 11. The van der Waals surface area contributed by atoms with Gasteiger partial charge >= 0.3 is 0 Å². The van der Waals surface area contributed by atoms with Crippen molar-refractivity contribution in [3.63, 3.8) is 0 Å². The Hall–Kier alpha value is -15.1. The highest BCUT2D eigenvalue weighted by Crippen LogP contribution is 2.41. The predicted molar refractivity (Wildman–Crippen MR) is 565 cm³/mol. The number of alkyl halides is 2. The van der Waals surface area contributed by atoms with E-state index in [2.05, 4.69) is 159 Å². The van der Waals surface area contributed by atoms with Gasteiger partial charge in [0.05, 0.1) is 127 Å². The minimum absolute atomic E-state index is 0.0290. The van der Waals surface area contributed by atoms with Gasteiger partial charge in [-0.1, -0.05) is 12.1 Å². The van der Waals surface area contributed by atoms with Crippen LogP contribution in [0.25, 0.3) is 45.6 Å². The second-order valence-electron chi connectivity index (χ2n) is 38.3. The average molecular weight is 2040 g/mol. The number of morpholine rings is 1. The maximum atomic E-state index is 15.5. The van der Waals surface area contributed by atoms with Gasteiger partial charge < -0.3 is 97.9 Å². The zero-order valence-electron chi connectivity index (χ0n) is 84.2. The Morgan fingerprint density at radius 3 is 1.04 bits per heavy atom. The molecule has 13 heterocycles. The number of likely N-dealkylation sites (N-methyl/N-ethyl adjacent to an activating group) is 1. The molecule has 4 aromatic heterocycles. The topological polar surface area (TPSA) is 371 Å². The van der Waals surface area contributed by atoms with Crippen LogP contribution in [-0.4, -0.2) is 282 Å². The number of methoxy groups -OCH3 is 1. The molecule has 0 atom stereocenters. The molecule has 4 N–H and O–H groups in total. The number of hydrogen-bond acceptors (Lipinski definition) is 34. The molecule has 34 nitrogen and oxygen atoms in total. The molecule has 0 amide bonds. The van der Waals surface area contributed by atoms with Crippen LogP contribution in [0, 0.1) is 51.1 Å². The molecule has 9 saturated heterocycles. The van der Waals surface area contributed by atoms with Crippen molar-refractivity contribution in [3.05, 3.63) is 235 Å². The summed E-state index contributed by atoms with van der Waals surface area (Å²) in [6, 6.07) is 66.9. The first-order chi connectivity index (χ1) is 73.5. The van der Waals surface area contributed by atoms with Crippen LogP contribution in [0.2, 0.25) is 0 Å². The standard InChI is InChI=1S/C30H32F2N6O2.C30H33FN6O4.C27H30N6O2.C26H27N5O3/c31-30(32)10-7-26(8-11-30)40-27-6-1-21(17-22(27)18-33)29-34-12-9-28(36-29)35-23-2-4-24(5-3-23)37-13-15-38(16-14-37)25-19-39-20-25;1-38-27-16-22(15-25(31)29(27)37-10-8-36(9-11-37)23-18-40-19-23)34-28-4-7-33-30(35-28)20-2-3-26(21(14-20)17-32)41-24-5-12-39-13-6-24;1-32-11-13-33(14-12-32)23-4-2-3-22(18-23)30-26-7-10-29-27(31-26)20-5-6-25(21(17-20)19-28)35-24-8-15-34-16-9-24;27-18-20-16-19(4-5-24(20)34-23-7-12-32-13-8-23)26-28-9-6-25(30-26)29-21-2-1-3-22(17-21)31-10-14-33-15-11-31/h1-6,9,12,17,25-26H,7-8,10-11,13-16,19-20H2,(H,34,35,36);2-4,7,14-16,23-24H,5-6,8-13,18-19H2,1H3,(H,33,34,35);2-7,10,17-18,24H,8-9,11-16H2,1H3,(H,29,30,31);1-6,9,16-17,23H,7-8,10-15H2,(H,28,29,30). The van der Waals surface area contributed by atoms with Crippen molar-refractivity contribution in [3.8, 4) is 98.6 Å². The minimum Gasteiger partial charge on any atom is -0.494 e. The molecule has 10 aliphatic rings. The van der Waals surface area contributed by atoms with Crippen LogP contribution < -0.4 is 64.6 Å². The minimum atomic E-state index is -2.62. The number of nitrogens with zero attached hydrogens (tertiary/aromatic N) is 19. The third-order valence-corrected chi connectivity index (χ3v) is 28.1. The van der Waals surface area contributed by atoms with E-state index in [1.54, 1.807) is 92.6 Å². The molecule has 37 heteroatoms. The number of anilines is 12.